The van der Waals surface area contributed by atoms with Gasteiger partial charge in [0.2, 0.25) is 0 Å². The van der Waals surface area contributed by atoms with Crippen molar-refractivity contribution in [2.75, 3.05) is 11.4 Å². The van der Waals surface area contributed by atoms with Gasteiger partial charge in [-0.3, -0.25) is 0 Å². The second-order valence-electron chi connectivity index (χ2n) is 5.81. The van der Waals surface area contributed by atoms with Gasteiger partial charge in [0.1, 0.15) is 11.6 Å². The number of rotatable bonds is 4. The maximum absolute atomic E-state index is 6.03. The Morgan fingerprint density at radius 2 is 2.19 bits per heavy atom. The maximum Gasteiger partial charge on any atom is 0.131 e. The van der Waals surface area contributed by atoms with Gasteiger partial charge in [-0.1, -0.05) is 13.0 Å². The van der Waals surface area contributed by atoms with Crippen LogP contribution in [0, 0.1) is 6.92 Å². The summed E-state index contributed by atoms with van der Waals surface area (Å²) in [5, 5.41) is 0. The van der Waals surface area contributed by atoms with Crippen LogP contribution in [0.1, 0.15) is 30.3 Å². The number of nitrogens with zero attached hydrogens (tertiary/aromatic N) is 4. The van der Waals surface area contributed by atoms with Crippen LogP contribution in [0.2, 0.25) is 0 Å². The van der Waals surface area contributed by atoms with Crippen molar-refractivity contribution in [3.05, 3.63) is 41.6 Å². The summed E-state index contributed by atoms with van der Waals surface area (Å²) in [6.45, 7) is 7.03. The number of imidazole rings is 1. The normalized spacial score (nSPS) is 15.9. The van der Waals surface area contributed by atoms with E-state index in [4.69, 9.17) is 5.73 Å². The molecular formula is C16H23N5. The van der Waals surface area contributed by atoms with E-state index in [-0.39, 0.29) is 6.04 Å². The summed E-state index contributed by atoms with van der Waals surface area (Å²) >= 11 is 0. The number of anilines is 1. The SMILES string of the molecule is CCC(N)Cc1cnc(N2CCn3ccnc3C2)c(C)c1. The summed E-state index contributed by atoms with van der Waals surface area (Å²) in [4.78, 5) is 11.4. The molecule has 1 aliphatic heterocycles. The Kier molecular flexibility index (Phi) is 3.92. The first kappa shape index (κ1) is 14.1. The largest absolute Gasteiger partial charge is 0.347 e. The molecule has 0 saturated heterocycles. The topological polar surface area (TPSA) is 60.0 Å². The molecule has 2 N–H and O–H groups in total. The third-order valence-electron chi connectivity index (χ3n) is 4.17. The van der Waals surface area contributed by atoms with Crippen LogP contribution in [0.15, 0.2) is 24.7 Å². The van der Waals surface area contributed by atoms with Crippen LogP contribution in [0.3, 0.4) is 0 Å². The minimum Gasteiger partial charge on any atom is -0.347 e. The highest BCUT2D eigenvalue weighted by Gasteiger charge is 2.19. The van der Waals surface area contributed by atoms with E-state index in [2.05, 4.69) is 39.3 Å². The predicted octanol–water partition coefficient (Wildman–Crippen LogP) is 1.89. The van der Waals surface area contributed by atoms with E-state index in [0.29, 0.717) is 0 Å². The number of nitrogens with two attached hydrogens (primary N) is 1. The van der Waals surface area contributed by atoms with Crippen LogP contribution in [0.4, 0.5) is 5.82 Å². The fourth-order valence-corrected chi connectivity index (χ4v) is 2.87. The van der Waals surface area contributed by atoms with Crippen molar-refractivity contribution in [1.82, 2.24) is 14.5 Å². The highest BCUT2D eigenvalue weighted by Crippen LogP contribution is 2.22. The zero-order valence-electron chi connectivity index (χ0n) is 12.8. The van der Waals surface area contributed by atoms with Crippen LogP contribution in [0.25, 0.3) is 0 Å². The first-order valence-electron chi connectivity index (χ1n) is 7.63. The molecule has 0 bridgehead atoms. The fourth-order valence-electron chi connectivity index (χ4n) is 2.87. The monoisotopic (exact) mass is 285 g/mol. The van der Waals surface area contributed by atoms with Crippen molar-refractivity contribution in [3.8, 4) is 0 Å². The van der Waals surface area contributed by atoms with Gasteiger partial charge >= 0.3 is 0 Å². The molecule has 0 fully saturated rings. The van der Waals surface area contributed by atoms with Crippen molar-refractivity contribution in [1.29, 1.82) is 0 Å². The lowest BCUT2D eigenvalue weighted by Crippen LogP contribution is -2.34. The van der Waals surface area contributed by atoms with Gasteiger partial charge in [-0.25, -0.2) is 9.97 Å². The molecule has 2 aromatic heterocycles. The van der Waals surface area contributed by atoms with Crippen LogP contribution >= 0.6 is 0 Å². The van der Waals surface area contributed by atoms with E-state index in [1.165, 1.54) is 11.1 Å². The third-order valence-corrected chi connectivity index (χ3v) is 4.17. The Balaban J connectivity index is 1.77. The lowest BCUT2D eigenvalue weighted by molar-refractivity contribution is 0.555. The Bertz CT molecular complexity index is 619. The molecule has 21 heavy (non-hydrogen) atoms. The fraction of sp³-hybridized carbons (Fsp3) is 0.500. The first-order chi connectivity index (χ1) is 10.2. The van der Waals surface area contributed by atoms with Crippen LogP contribution in [-0.2, 0) is 19.5 Å². The standard InChI is InChI=1S/C16H23N5/c1-3-14(17)9-13-8-12(2)16(19-10-13)21-7-6-20-5-4-18-15(20)11-21/h4-5,8,10,14H,3,6-7,9,11,17H2,1-2H3. The highest BCUT2D eigenvalue weighted by molar-refractivity contribution is 5.48. The van der Waals surface area contributed by atoms with Crippen molar-refractivity contribution >= 4 is 5.82 Å². The molecule has 1 atom stereocenters. The van der Waals surface area contributed by atoms with Crippen LogP contribution < -0.4 is 10.6 Å². The molecule has 3 heterocycles. The average Bonchev–Trinajstić information content (AvgIpc) is 2.94. The highest BCUT2D eigenvalue weighted by atomic mass is 15.3. The lowest BCUT2D eigenvalue weighted by atomic mass is 10.0. The van der Waals surface area contributed by atoms with Gasteiger partial charge in [-0.05, 0) is 30.9 Å². The minimum absolute atomic E-state index is 0.222. The van der Waals surface area contributed by atoms with Crippen molar-refractivity contribution in [2.24, 2.45) is 5.73 Å². The van der Waals surface area contributed by atoms with E-state index in [9.17, 15) is 0 Å². The van der Waals surface area contributed by atoms with Crippen molar-refractivity contribution in [3.63, 3.8) is 0 Å². The third kappa shape index (κ3) is 2.93. The van der Waals surface area contributed by atoms with E-state index in [0.717, 1.165) is 44.1 Å². The predicted molar refractivity (Wildman–Crippen MR) is 84.2 cm³/mol. The molecule has 112 valence electrons. The number of hydrogen-bond acceptors (Lipinski definition) is 4. The first-order valence-corrected chi connectivity index (χ1v) is 7.63. The van der Waals surface area contributed by atoms with E-state index in [1.807, 2.05) is 18.6 Å². The molecule has 1 unspecified atom stereocenters. The smallest absolute Gasteiger partial charge is 0.131 e. The van der Waals surface area contributed by atoms with E-state index >= 15 is 0 Å². The van der Waals surface area contributed by atoms with Gasteiger partial charge in [0.15, 0.2) is 0 Å². The molecule has 0 aromatic carbocycles. The van der Waals surface area contributed by atoms with Crippen LogP contribution in [0.5, 0.6) is 0 Å². The summed E-state index contributed by atoms with van der Waals surface area (Å²) in [7, 11) is 0. The summed E-state index contributed by atoms with van der Waals surface area (Å²) < 4.78 is 2.21. The quantitative estimate of drug-likeness (QED) is 0.932. The number of hydrogen-bond donors (Lipinski definition) is 1. The Labute approximate surface area is 125 Å². The summed E-state index contributed by atoms with van der Waals surface area (Å²) in [5.74, 6) is 2.18. The number of pyridine rings is 1. The maximum atomic E-state index is 6.03. The van der Waals surface area contributed by atoms with Gasteiger partial charge in [0.25, 0.3) is 0 Å². The van der Waals surface area contributed by atoms with Crippen LogP contribution in [-0.4, -0.2) is 27.1 Å². The zero-order chi connectivity index (χ0) is 14.8. The van der Waals surface area contributed by atoms with E-state index < -0.39 is 0 Å². The molecule has 0 aliphatic carbocycles. The Morgan fingerprint density at radius 3 is 2.95 bits per heavy atom. The molecule has 0 saturated carbocycles. The van der Waals surface area contributed by atoms with Crippen molar-refractivity contribution in [2.45, 2.75) is 45.8 Å². The average molecular weight is 285 g/mol. The Hall–Kier alpha value is -1.88. The van der Waals surface area contributed by atoms with Gasteiger partial charge in [-0.15, -0.1) is 0 Å². The van der Waals surface area contributed by atoms with Crippen molar-refractivity contribution < 1.29 is 0 Å². The summed E-state index contributed by atoms with van der Waals surface area (Å²) in [6, 6.07) is 2.44. The number of aryl methyl sites for hydroxylation is 1. The molecule has 0 amide bonds. The second kappa shape index (κ2) is 5.85. The lowest BCUT2D eigenvalue weighted by Gasteiger charge is -2.29. The molecule has 2 aromatic rings. The van der Waals surface area contributed by atoms with Gasteiger partial charge in [0, 0.05) is 37.7 Å². The minimum atomic E-state index is 0.222. The second-order valence-corrected chi connectivity index (χ2v) is 5.81. The van der Waals surface area contributed by atoms with Gasteiger partial charge in [0.05, 0.1) is 6.54 Å². The molecular weight excluding hydrogens is 262 g/mol. The van der Waals surface area contributed by atoms with Gasteiger partial charge in [-0.2, -0.15) is 0 Å². The molecule has 3 rings (SSSR count). The molecule has 1 aliphatic rings. The molecule has 5 nitrogen and oxygen atoms in total. The molecule has 5 heteroatoms. The summed E-state index contributed by atoms with van der Waals surface area (Å²) in [6.07, 6.45) is 7.78. The molecule has 0 radical (unpaired) electrons. The van der Waals surface area contributed by atoms with E-state index in [1.54, 1.807) is 0 Å². The molecule has 0 spiro atoms. The Morgan fingerprint density at radius 1 is 1.33 bits per heavy atom. The zero-order valence-corrected chi connectivity index (χ0v) is 12.8. The van der Waals surface area contributed by atoms with Gasteiger partial charge < -0.3 is 15.2 Å². The number of fused-ring (bicyclic) bond motifs is 1. The summed E-state index contributed by atoms with van der Waals surface area (Å²) in [5.41, 5.74) is 8.47. The number of aromatic nitrogens is 3.